The van der Waals surface area contributed by atoms with Crippen molar-refractivity contribution in [2.24, 2.45) is 0 Å². The van der Waals surface area contributed by atoms with E-state index < -0.39 is 5.92 Å². The Morgan fingerprint density at radius 2 is 1.92 bits per heavy atom. The Labute approximate surface area is 156 Å². The molecule has 1 amide bonds. The van der Waals surface area contributed by atoms with Crippen molar-refractivity contribution in [3.05, 3.63) is 65.6 Å². The van der Waals surface area contributed by atoms with Crippen molar-refractivity contribution in [3.8, 4) is 0 Å². The van der Waals surface area contributed by atoms with Crippen LogP contribution in [-0.2, 0) is 4.79 Å². The minimum absolute atomic E-state index is 0.0242. The van der Waals surface area contributed by atoms with Crippen LogP contribution in [0.15, 0.2) is 65.1 Å². The summed E-state index contributed by atoms with van der Waals surface area (Å²) in [6.07, 6.45) is 5.12. The molecule has 1 N–H and O–H groups in total. The molecule has 0 aromatic carbocycles. The molecule has 0 bridgehead atoms. The van der Waals surface area contributed by atoms with Gasteiger partial charge in [-0.15, -0.1) is 0 Å². The fourth-order valence-electron chi connectivity index (χ4n) is 3.12. The topological polar surface area (TPSA) is 69.6 Å². The largest absolute Gasteiger partial charge is 0.395 e. The standard InChI is InChI=1S/C19H20N4O2S/c24-13-17(14-4-3-6-20-8-14)19(25)22-9-15(10-22)16-11-23(12-16)26-18-5-1-2-7-21-18/h1-8,17,24H,9-13H2. The summed E-state index contributed by atoms with van der Waals surface area (Å²) in [6, 6.07) is 9.54. The number of carbonyl (C=O) groups excluding carboxylic acids is 1. The number of hydrogen-bond donors (Lipinski definition) is 1. The number of rotatable bonds is 5. The number of hydrogen-bond acceptors (Lipinski definition) is 6. The molecule has 2 aromatic rings. The number of aliphatic hydroxyl groups is 1. The first kappa shape index (κ1) is 17.2. The maximum Gasteiger partial charge on any atom is 0.233 e. The second kappa shape index (κ2) is 7.57. The molecule has 26 heavy (non-hydrogen) atoms. The average molecular weight is 368 g/mol. The van der Waals surface area contributed by atoms with Gasteiger partial charge in [0.15, 0.2) is 0 Å². The molecule has 134 valence electrons. The van der Waals surface area contributed by atoms with Gasteiger partial charge in [0.05, 0.1) is 12.5 Å². The van der Waals surface area contributed by atoms with E-state index in [1.54, 1.807) is 36.6 Å². The van der Waals surface area contributed by atoms with Crippen molar-refractivity contribution in [1.82, 2.24) is 19.2 Å². The van der Waals surface area contributed by atoms with Gasteiger partial charge in [-0.1, -0.05) is 12.1 Å². The number of aromatic nitrogens is 2. The van der Waals surface area contributed by atoms with Crippen molar-refractivity contribution in [2.75, 3.05) is 32.8 Å². The summed E-state index contributed by atoms with van der Waals surface area (Å²) in [6.45, 7) is 3.00. The van der Waals surface area contributed by atoms with Crippen LogP contribution in [0.3, 0.4) is 0 Å². The van der Waals surface area contributed by atoms with Crippen molar-refractivity contribution >= 4 is 17.9 Å². The minimum atomic E-state index is -0.521. The van der Waals surface area contributed by atoms with Crippen LogP contribution in [0, 0.1) is 0 Å². The first-order valence-electron chi connectivity index (χ1n) is 8.58. The zero-order valence-corrected chi connectivity index (χ0v) is 15.1. The lowest BCUT2D eigenvalue weighted by Crippen LogP contribution is -2.50. The summed E-state index contributed by atoms with van der Waals surface area (Å²) >= 11 is 1.67. The first-order valence-corrected chi connectivity index (χ1v) is 9.35. The molecule has 1 atom stereocenters. The molecular weight excluding hydrogens is 348 g/mol. The lowest BCUT2D eigenvalue weighted by molar-refractivity contribution is -0.135. The van der Waals surface area contributed by atoms with Crippen molar-refractivity contribution < 1.29 is 9.90 Å². The summed E-state index contributed by atoms with van der Waals surface area (Å²) in [7, 11) is 0. The fraction of sp³-hybridized carbons (Fsp3) is 0.316. The van der Waals surface area contributed by atoms with E-state index in [0.29, 0.717) is 13.1 Å². The van der Waals surface area contributed by atoms with E-state index in [4.69, 9.17) is 0 Å². The zero-order chi connectivity index (χ0) is 17.9. The third-order valence-electron chi connectivity index (χ3n) is 4.74. The highest BCUT2D eigenvalue weighted by molar-refractivity contribution is 7.97. The average Bonchev–Trinajstić information content (AvgIpc) is 2.60. The van der Waals surface area contributed by atoms with Gasteiger partial charge >= 0.3 is 0 Å². The van der Waals surface area contributed by atoms with Crippen molar-refractivity contribution in [3.63, 3.8) is 0 Å². The van der Waals surface area contributed by atoms with Crippen LogP contribution in [-0.4, -0.2) is 63.0 Å². The molecule has 7 heteroatoms. The summed E-state index contributed by atoms with van der Waals surface area (Å²) in [4.78, 5) is 22.8. The number of likely N-dealkylation sites (tertiary alicyclic amines) is 1. The van der Waals surface area contributed by atoms with E-state index in [1.807, 2.05) is 29.2 Å². The zero-order valence-electron chi connectivity index (χ0n) is 14.3. The molecule has 4 rings (SSSR count). The second-order valence-electron chi connectivity index (χ2n) is 6.48. The fourth-order valence-corrected chi connectivity index (χ4v) is 4.08. The van der Waals surface area contributed by atoms with Crippen LogP contribution < -0.4 is 0 Å². The lowest BCUT2D eigenvalue weighted by atomic mass is 9.93. The molecule has 2 aromatic heterocycles. The lowest BCUT2D eigenvalue weighted by Gasteiger charge is -2.42. The van der Waals surface area contributed by atoms with Crippen molar-refractivity contribution in [1.29, 1.82) is 0 Å². The maximum atomic E-state index is 12.6. The smallest absolute Gasteiger partial charge is 0.233 e. The molecule has 0 radical (unpaired) electrons. The predicted molar refractivity (Wildman–Crippen MR) is 99.3 cm³/mol. The summed E-state index contributed by atoms with van der Waals surface area (Å²) in [5, 5.41) is 10.6. The van der Waals surface area contributed by atoms with Crippen LogP contribution in [0.2, 0.25) is 0 Å². The molecule has 2 saturated heterocycles. The highest BCUT2D eigenvalue weighted by Gasteiger charge is 2.35. The van der Waals surface area contributed by atoms with Gasteiger partial charge in [0.25, 0.3) is 0 Å². The van der Waals surface area contributed by atoms with E-state index in [9.17, 15) is 9.90 Å². The maximum absolute atomic E-state index is 12.6. The molecule has 2 fully saturated rings. The van der Waals surface area contributed by atoms with Crippen LogP contribution >= 0.6 is 11.9 Å². The van der Waals surface area contributed by atoms with Gasteiger partial charge < -0.3 is 10.0 Å². The molecule has 0 spiro atoms. The van der Waals surface area contributed by atoms with Crippen molar-refractivity contribution in [2.45, 2.75) is 10.9 Å². The Balaban J connectivity index is 1.30. The third-order valence-corrected chi connectivity index (χ3v) is 5.68. The first-order chi connectivity index (χ1) is 12.7. The Bertz CT molecular complexity index is 797. The van der Waals surface area contributed by atoms with Crippen LogP contribution in [0.5, 0.6) is 0 Å². The molecule has 0 saturated carbocycles. The third kappa shape index (κ3) is 3.51. The molecule has 2 aliphatic heterocycles. The Kier molecular flexibility index (Phi) is 5.01. The highest BCUT2D eigenvalue weighted by Crippen LogP contribution is 2.33. The Hall–Kier alpha value is -2.22. The van der Waals surface area contributed by atoms with E-state index in [0.717, 1.165) is 23.7 Å². The van der Waals surface area contributed by atoms with Gasteiger partial charge in [-0.2, -0.15) is 0 Å². The molecule has 0 aliphatic carbocycles. The van der Waals surface area contributed by atoms with E-state index in [2.05, 4.69) is 14.3 Å². The van der Waals surface area contributed by atoms with Crippen LogP contribution in [0.4, 0.5) is 0 Å². The van der Waals surface area contributed by atoms with Crippen LogP contribution in [0.25, 0.3) is 0 Å². The number of amides is 1. The van der Waals surface area contributed by atoms with E-state index in [-0.39, 0.29) is 12.5 Å². The summed E-state index contributed by atoms with van der Waals surface area (Å²) < 4.78 is 2.27. The number of carbonyl (C=O) groups is 1. The molecule has 4 heterocycles. The van der Waals surface area contributed by atoms with Gasteiger partial charge in [-0.25, -0.2) is 9.29 Å². The summed E-state index contributed by atoms with van der Waals surface area (Å²) in [5.41, 5.74) is 3.53. The molecule has 1 unspecified atom stereocenters. The Morgan fingerprint density at radius 3 is 2.58 bits per heavy atom. The Morgan fingerprint density at radius 1 is 1.12 bits per heavy atom. The number of pyridine rings is 2. The molecular formula is C19H20N4O2S. The van der Waals surface area contributed by atoms with Gasteiger partial charge in [0, 0.05) is 44.8 Å². The quantitative estimate of drug-likeness (QED) is 0.640. The normalized spacial score (nSPS) is 18.3. The predicted octanol–water partition coefficient (Wildman–Crippen LogP) is 1.71. The second-order valence-corrected chi connectivity index (χ2v) is 7.60. The van der Waals surface area contributed by atoms with Gasteiger partial charge in [0.2, 0.25) is 5.91 Å². The minimum Gasteiger partial charge on any atom is -0.395 e. The SMILES string of the molecule is O=C(C(CO)c1cccnc1)N1CC(=C2CN(Sc3ccccn3)C2)C1. The van der Waals surface area contributed by atoms with E-state index in [1.165, 1.54) is 11.1 Å². The number of nitrogens with zero attached hydrogens (tertiary/aromatic N) is 4. The van der Waals surface area contributed by atoms with Gasteiger partial charge in [0.1, 0.15) is 5.03 Å². The van der Waals surface area contributed by atoms with E-state index >= 15 is 0 Å². The summed E-state index contributed by atoms with van der Waals surface area (Å²) in [5.74, 6) is -0.545. The van der Waals surface area contributed by atoms with Gasteiger partial charge in [-0.3, -0.25) is 9.78 Å². The molecule has 2 aliphatic rings. The number of aliphatic hydroxyl groups excluding tert-OH is 1. The molecule has 6 nitrogen and oxygen atoms in total. The van der Waals surface area contributed by atoms with Crippen LogP contribution in [0.1, 0.15) is 11.5 Å². The monoisotopic (exact) mass is 368 g/mol. The van der Waals surface area contributed by atoms with Gasteiger partial charge in [-0.05, 0) is 46.9 Å². The highest BCUT2D eigenvalue weighted by atomic mass is 32.2.